The zero-order chi connectivity index (χ0) is 12.3. The Hall–Kier alpha value is -1.87. The monoisotopic (exact) mass is 231 g/mol. The van der Waals surface area contributed by atoms with Crippen LogP contribution in [0, 0.1) is 5.82 Å². The van der Waals surface area contributed by atoms with Crippen molar-refractivity contribution in [3.63, 3.8) is 0 Å². The Bertz CT molecular complexity index is 496. The Kier molecular flexibility index (Phi) is 3.40. The summed E-state index contributed by atoms with van der Waals surface area (Å²) in [6.45, 7) is 0. The fourth-order valence-electron chi connectivity index (χ4n) is 1.73. The van der Waals surface area contributed by atoms with Crippen LogP contribution < -0.4 is 5.73 Å². The standard InChI is InChI=1S/C14H14FNO/c15-12-6-4-10(5-7-12)8-14(17)11-2-1-3-13(16)9-11/h1-7,9,14,17H,8,16H2. The molecule has 2 aromatic carbocycles. The topological polar surface area (TPSA) is 46.2 Å². The minimum absolute atomic E-state index is 0.271. The first kappa shape index (κ1) is 11.6. The fourth-order valence-corrected chi connectivity index (χ4v) is 1.73. The largest absolute Gasteiger partial charge is 0.399 e. The van der Waals surface area contributed by atoms with Crippen molar-refractivity contribution in [3.05, 3.63) is 65.5 Å². The van der Waals surface area contributed by atoms with Crippen molar-refractivity contribution in [2.75, 3.05) is 5.73 Å². The number of nitrogen functional groups attached to an aromatic ring is 1. The molecule has 0 amide bonds. The van der Waals surface area contributed by atoms with E-state index < -0.39 is 6.10 Å². The third kappa shape index (κ3) is 3.04. The molecule has 3 N–H and O–H groups in total. The van der Waals surface area contributed by atoms with Gasteiger partial charge in [-0.3, -0.25) is 0 Å². The molecule has 0 spiro atoms. The second-order valence-electron chi connectivity index (χ2n) is 4.02. The number of hydrogen-bond donors (Lipinski definition) is 2. The van der Waals surface area contributed by atoms with Crippen LogP contribution in [-0.4, -0.2) is 5.11 Å². The van der Waals surface area contributed by atoms with Crippen LogP contribution in [-0.2, 0) is 6.42 Å². The lowest BCUT2D eigenvalue weighted by Crippen LogP contribution is -2.02. The number of aliphatic hydroxyl groups is 1. The van der Waals surface area contributed by atoms with Crippen LogP contribution in [0.15, 0.2) is 48.5 Å². The molecule has 2 nitrogen and oxygen atoms in total. The molecule has 1 unspecified atom stereocenters. The third-order valence-corrected chi connectivity index (χ3v) is 2.64. The number of aliphatic hydroxyl groups excluding tert-OH is 1. The minimum atomic E-state index is -0.621. The van der Waals surface area contributed by atoms with Crippen molar-refractivity contribution in [1.29, 1.82) is 0 Å². The summed E-state index contributed by atoms with van der Waals surface area (Å²) < 4.78 is 12.7. The highest BCUT2D eigenvalue weighted by molar-refractivity contribution is 5.41. The molecule has 1 atom stereocenters. The number of hydrogen-bond acceptors (Lipinski definition) is 2. The smallest absolute Gasteiger partial charge is 0.123 e. The second-order valence-corrected chi connectivity index (χ2v) is 4.02. The predicted molar refractivity (Wildman–Crippen MR) is 65.9 cm³/mol. The SMILES string of the molecule is Nc1cccc(C(O)Cc2ccc(F)cc2)c1. The first-order valence-electron chi connectivity index (χ1n) is 5.43. The van der Waals surface area contributed by atoms with Gasteiger partial charge in [0.25, 0.3) is 0 Å². The van der Waals surface area contributed by atoms with Crippen molar-refractivity contribution in [2.24, 2.45) is 0 Å². The molecule has 88 valence electrons. The second kappa shape index (κ2) is 4.97. The van der Waals surface area contributed by atoms with E-state index in [0.29, 0.717) is 12.1 Å². The molecular weight excluding hydrogens is 217 g/mol. The summed E-state index contributed by atoms with van der Waals surface area (Å²) in [5, 5.41) is 10.0. The molecule has 2 aromatic rings. The summed E-state index contributed by atoms with van der Waals surface area (Å²) in [5.74, 6) is -0.271. The molecule has 0 aliphatic heterocycles. The average Bonchev–Trinajstić information content (AvgIpc) is 2.32. The van der Waals surface area contributed by atoms with Gasteiger partial charge in [-0.25, -0.2) is 4.39 Å². The molecule has 0 radical (unpaired) electrons. The van der Waals surface area contributed by atoms with E-state index in [1.165, 1.54) is 12.1 Å². The first-order valence-corrected chi connectivity index (χ1v) is 5.43. The van der Waals surface area contributed by atoms with Gasteiger partial charge in [-0.05, 0) is 35.4 Å². The van der Waals surface area contributed by atoms with Gasteiger partial charge in [0.2, 0.25) is 0 Å². The van der Waals surface area contributed by atoms with Crippen LogP contribution in [0.1, 0.15) is 17.2 Å². The summed E-state index contributed by atoms with van der Waals surface area (Å²) in [6.07, 6.45) is -0.173. The molecule has 17 heavy (non-hydrogen) atoms. The molecule has 0 aliphatic carbocycles. The number of nitrogens with two attached hydrogens (primary N) is 1. The predicted octanol–water partition coefficient (Wildman–Crippen LogP) is 2.68. The lowest BCUT2D eigenvalue weighted by Gasteiger charge is -2.11. The van der Waals surface area contributed by atoms with Crippen LogP contribution >= 0.6 is 0 Å². The molecule has 2 rings (SSSR count). The van der Waals surface area contributed by atoms with Gasteiger partial charge >= 0.3 is 0 Å². The van der Waals surface area contributed by atoms with Crippen LogP contribution in [0.2, 0.25) is 0 Å². The van der Waals surface area contributed by atoms with Gasteiger partial charge in [0.15, 0.2) is 0 Å². The van der Waals surface area contributed by atoms with Crippen LogP contribution in [0.25, 0.3) is 0 Å². The molecule has 0 heterocycles. The van der Waals surface area contributed by atoms with Crippen molar-refractivity contribution in [2.45, 2.75) is 12.5 Å². The van der Waals surface area contributed by atoms with E-state index in [0.717, 1.165) is 11.1 Å². The normalized spacial score (nSPS) is 12.4. The van der Waals surface area contributed by atoms with Gasteiger partial charge in [-0.15, -0.1) is 0 Å². The van der Waals surface area contributed by atoms with Crippen LogP contribution in [0.3, 0.4) is 0 Å². The molecule has 0 fully saturated rings. The van der Waals surface area contributed by atoms with Crippen LogP contribution in [0.5, 0.6) is 0 Å². The maximum Gasteiger partial charge on any atom is 0.123 e. The van der Waals surface area contributed by atoms with Crippen molar-refractivity contribution < 1.29 is 9.50 Å². The summed E-state index contributed by atoms with van der Waals surface area (Å²) >= 11 is 0. The van der Waals surface area contributed by atoms with Gasteiger partial charge in [0.1, 0.15) is 5.82 Å². The molecule has 0 bridgehead atoms. The lowest BCUT2D eigenvalue weighted by molar-refractivity contribution is 0.178. The van der Waals surface area contributed by atoms with Gasteiger partial charge in [-0.1, -0.05) is 24.3 Å². The fraction of sp³-hybridized carbons (Fsp3) is 0.143. The molecule has 0 aromatic heterocycles. The van der Waals surface area contributed by atoms with E-state index in [2.05, 4.69) is 0 Å². The summed E-state index contributed by atoms with van der Waals surface area (Å²) in [7, 11) is 0. The van der Waals surface area contributed by atoms with Gasteiger partial charge in [0.05, 0.1) is 6.10 Å². The summed E-state index contributed by atoms with van der Waals surface area (Å²) in [6, 6.07) is 13.3. The van der Waals surface area contributed by atoms with E-state index in [1.807, 2.05) is 6.07 Å². The molecular formula is C14H14FNO. The third-order valence-electron chi connectivity index (χ3n) is 2.64. The van der Waals surface area contributed by atoms with E-state index in [-0.39, 0.29) is 5.82 Å². The van der Waals surface area contributed by atoms with E-state index in [1.54, 1.807) is 30.3 Å². The molecule has 0 saturated heterocycles. The number of halogens is 1. The zero-order valence-electron chi connectivity index (χ0n) is 9.31. The Morgan fingerprint density at radius 1 is 1.12 bits per heavy atom. The van der Waals surface area contributed by atoms with E-state index in [4.69, 9.17) is 5.73 Å². The van der Waals surface area contributed by atoms with Gasteiger partial charge in [-0.2, -0.15) is 0 Å². The maximum atomic E-state index is 12.7. The lowest BCUT2D eigenvalue weighted by atomic mass is 10.0. The summed E-state index contributed by atoms with van der Waals surface area (Å²) in [4.78, 5) is 0. The Labute approximate surface area is 99.5 Å². The van der Waals surface area contributed by atoms with E-state index >= 15 is 0 Å². The van der Waals surface area contributed by atoms with E-state index in [9.17, 15) is 9.50 Å². The van der Waals surface area contributed by atoms with Gasteiger partial charge < -0.3 is 10.8 Å². The highest BCUT2D eigenvalue weighted by Crippen LogP contribution is 2.20. The zero-order valence-corrected chi connectivity index (χ0v) is 9.31. The number of anilines is 1. The average molecular weight is 231 g/mol. The Morgan fingerprint density at radius 2 is 1.82 bits per heavy atom. The highest BCUT2D eigenvalue weighted by atomic mass is 19.1. The quantitative estimate of drug-likeness (QED) is 0.798. The van der Waals surface area contributed by atoms with Crippen molar-refractivity contribution in [3.8, 4) is 0 Å². The first-order chi connectivity index (χ1) is 8.15. The van der Waals surface area contributed by atoms with Crippen molar-refractivity contribution in [1.82, 2.24) is 0 Å². The van der Waals surface area contributed by atoms with Crippen molar-refractivity contribution >= 4 is 5.69 Å². The summed E-state index contributed by atoms with van der Waals surface area (Å²) in [5.41, 5.74) is 7.94. The molecule has 3 heteroatoms. The molecule has 0 saturated carbocycles. The number of rotatable bonds is 3. The van der Waals surface area contributed by atoms with Gasteiger partial charge in [0, 0.05) is 12.1 Å². The maximum absolute atomic E-state index is 12.7. The highest BCUT2D eigenvalue weighted by Gasteiger charge is 2.08. The Balaban J connectivity index is 2.11. The number of benzene rings is 2. The van der Waals surface area contributed by atoms with Crippen LogP contribution in [0.4, 0.5) is 10.1 Å². The molecule has 0 aliphatic rings. The Morgan fingerprint density at radius 3 is 2.47 bits per heavy atom. The minimum Gasteiger partial charge on any atom is -0.399 e.